The summed E-state index contributed by atoms with van der Waals surface area (Å²) in [6.45, 7) is 3.04. The van der Waals surface area contributed by atoms with Crippen LogP contribution in [0.15, 0.2) is 48.5 Å². The largest absolute Gasteiger partial charge is 0.493 e. The number of amides is 1. The summed E-state index contributed by atoms with van der Waals surface area (Å²) in [4.78, 5) is 17.4. The fraction of sp³-hybridized carbons (Fsp3) is 0.435. The van der Waals surface area contributed by atoms with Gasteiger partial charge in [0, 0.05) is 31.7 Å². The molecule has 0 bridgehead atoms. The molecule has 1 saturated heterocycles. The van der Waals surface area contributed by atoms with E-state index in [9.17, 15) is 4.79 Å². The van der Waals surface area contributed by atoms with E-state index in [1.165, 1.54) is 5.56 Å². The lowest BCUT2D eigenvalue weighted by Gasteiger charge is -2.37. The van der Waals surface area contributed by atoms with Crippen LogP contribution in [0.1, 0.15) is 28.8 Å². The first kappa shape index (κ1) is 20.2. The molecule has 1 aliphatic rings. The quantitative estimate of drug-likeness (QED) is 0.735. The van der Waals surface area contributed by atoms with E-state index >= 15 is 0 Å². The number of rotatable bonds is 7. The maximum absolute atomic E-state index is 13.0. The Hall–Kier alpha value is -2.53. The van der Waals surface area contributed by atoms with Crippen molar-refractivity contribution < 1.29 is 14.3 Å². The number of benzene rings is 2. The number of carbonyl (C=O) groups excluding carboxylic acids is 1. The number of hydrogen-bond donors (Lipinski definition) is 0. The molecule has 1 fully saturated rings. The van der Waals surface area contributed by atoms with Crippen LogP contribution >= 0.6 is 0 Å². The Kier molecular flexibility index (Phi) is 6.93. The van der Waals surface area contributed by atoms with Gasteiger partial charge in [0.05, 0.1) is 14.2 Å². The Morgan fingerprint density at radius 3 is 2.57 bits per heavy atom. The Balaban J connectivity index is 1.61. The van der Waals surface area contributed by atoms with Crippen molar-refractivity contribution in [3.8, 4) is 11.5 Å². The Labute approximate surface area is 167 Å². The molecule has 0 radical (unpaired) electrons. The maximum atomic E-state index is 13.0. The van der Waals surface area contributed by atoms with Gasteiger partial charge in [0.25, 0.3) is 5.91 Å². The third-order valence-electron chi connectivity index (χ3n) is 5.54. The van der Waals surface area contributed by atoms with Crippen LogP contribution in [0, 0.1) is 0 Å². The molecule has 1 aliphatic heterocycles. The van der Waals surface area contributed by atoms with Crippen molar-refractivity contribution in [1.82, 2.24) is 9.80 Å². The fourth-order valence-electron chi connectivity index (χ4n) is 3.82. The van der Waals surface area contributed by atoms with Crippen LogP contribution in [-0.2, 0) is 6.42 Å². The number of likely N-dealkylation sites (tertiary alicyclic amines) is 1. The minimum Gasteiger partial charge on any atom is -0.493 e. The molecular weight excluding hydrogens is 352 g/mol. The molecule has 5 heteroatoms. The predicted octanol–water partition coefficient (Wildman–Crippen LogP) is 3.48. The molecule has 0 unspecified atom stereocenters. The van der Waals surface area contributed by atoms with Crippen LogP contribution in [0.3, 0.4) is 0 Å². The van der Waals surface area contributed by atoms with Crippen LogP contribution < -0.4 is 9.47 Å². The minimum absolute atomic E-state index is 0.0239. The molecular formula is C23H30N2O3. The smallest absolute Gasteiger partial charge is 0.254 e. The van der Waals surface area contributed by atoms with Crippen molar-refractivity contribution in [2.75, 3.05) is 40.9 Å². The molecule has 150 valence electrons. The summed E-state index contributed by atoms with van der Waals surface area (Å²) in [6, 6.07) is 16.1. The zero-order chi connectivity index (χ0) is 19.9. The van der Waals surface area contributed by atoms with Gasteiger partial charge < -0.3 is 19.3 Å². The van der Waals surface area contributed by atoms with E-state index in [4.69, 9.17) is 9.47 Å². The number of hydrogen-bond acceptors (Lipinski definition) is 4. The first-order valence-corrected chi connectivity index (χ1v) is 9.88. The van der Waals surface area contributed by atoms with E-state index in [1.54, 1.807) is 32.4 Å². The second-order valence-corrected chi connectivity index (χ2v) is 7.32. The summed E-state index contributed by atoms with van der Waals surface area (Å²) in [5.41, 5.74) is 1.99. The van der Waals surface area contributed by atoms with Crippen LogP contribution in [0.2, 0.25) is 0 Å². The molecule has 0 aromatic heterocycles. The second-order valence-electron chi connectivity index (χ2n) is 7.32. The van der Waals surface area contributed by atoms with E-state index in [0.717, 1.165) is 38.9 Å². The molecule has 2 aromatic rings. The van der Waals surface area contributed by atoms with Gasteiger partial charge in [-0.2, -0.15) is 0 Å². The second kappa shape index (κ2) is 9.60. The van der Waals surface area contributed by atoms with Gasteiger partial charge in [-0.3, -0.25) is 4.79 Å². The highest BCUT2D eigenvalue weighted by atomic mass is 16.5. The summed E-state index contributed by atoms with van der Waals surface area (Å²) in [5, 5.41) is 0. The maximum Gasteiger partial charge on any atom is 0.254 e. The molecule has 5 nitrogen and oxygen atoms in total. The lowest BCUT2D eigenvalue weighted by Crippen LogP contribution is -2.49. The summed E-state index contributed by atoms with van der Waals surface area (Å²) in [5.74, 6) is 1.23. The normalized spacial score (nSPS) is 17.2. The van der Waals surface area contributed by atoms with Crippen molar-refractivity contribution in [3.05, 3.63) is 59.7 Å². The van der Waals surface area contributed by atoms with Gasteiger partial charge in [0.15, 0.2) is 11.5 Å². The molecule has 1 heterocycles. The van der Waals surface area contributed by atoms with E-state index in [2.05, 4.69) is 35.2 Å². The number of nitrogens with zero attached hydrogens (tertiary/aromatic N) is 2. The molecule has 0 N–H and O–H groups in total. The first-order chi connectivity index (χ1) is 13.6. The lowest BCUT2D eigenvalue weighted by molar-refractivity contribution is 0.0619. The molecule has 0 spiro atoms. The van der Waals surface area contributed by atoms with Crippen LogP contribution in [0.5, 0.6) is 11.5 Å². The van der Waals surface area contributed by atoms with E-state index in [-0.39, 0.29) is 11.9 Å². The van der Waals surface area contributed by atoms with Crippen molar-refractivity contribution in [3.63, 3.8) is 0 Å². The van der Waals surface area contributed by atoms with Crippen molar-refractivity contribution in [2.24, 2.45) is 0 Å². The number of piperidine rings is 1. The average molecular weight is 383 g/mol. The highest BCUT2D eigenvalue weighted by Gasteiger charge is 2.27. The third kappa shape index (κ3) is 4.84. The summed E-state index contributed by atoms with van der Waals surface area (Å²) in [6.07, 6.45) is 3.20. The first-order valence-electron chi connectivity index (χ1n) is 9.88. The van der Waals surface area contributed by atoms with Gasteiger partial charge in [-0.05, 0) is 49.6 Å². The highest BCUT2D eigenvalue weighted by Crippen LogP contribution is 2.28. The van der Waals surface area contributed by atoms with Crippen molar-refractivity contribution in [2.45, 2.75) is 25.3 Å². The predicted molar refractivity (Wildman–Crippen MR) is 111 cm³/mol. The Bertz CT molecular complexity index is 779. The van der Waals surface area contributed by atoms with Crippen LogP contribution in [0.25, 0.3) is 0 Å². The Morgan fingerprint density at radius 2 is 1.86 bits per heavy atom. The summed E-state index contributed by atoms with van der Waals surface area (Å²) in [7, 11) is 5.09. The standard InChI is InChI=1S/C23H30N2O3/c1-24(23(26)19-11-12-21(27-2)22(16-19)28-3)20-10-7-14-25(17-20)15-13-18-8-5-4-6-9-18/h4-6,8-9,11-12,16,20H,7,10,13-15,17H2,1-3H3/t20-/m0/s1. The molecule has 2 aromatic carbocycles. The van der Waals surface area contributed by atoms with Gasteiger partial charge in [-0.1, -0.05) is 30.3 Å². The fourth-order valence-corrected chi connectivity index (χ4v) is 3.82. The highest BCUT2D eigenvalue weighted by molar-refractivity contribution is 5.95. The topological polar surface area (TPSA) is 42.0 Å². The molecule has 3 rings (SSSR count). The SMILES string of the molecule is COc1ccc(C(=O)N(C)[C@H]2CCCN(CCc3ccccc3)C2)cc1OC. The van der Waals surface area contributed by atoms with Gasteiger partial charge in [0.1, 0.15) is 0 Å². The molecule has 1 amide bonds. The van der Waals surface area contributed by atoms with E-state index < -0.39 is 0 Å². The average Bonchev–Trinajstić information content (AvgIpc) is 2.77. The number of likely N-dealkylation sites (N-methyl/N-ethyl adjacent to an activating group) is 1. The van der Waals surface area contributed by atoms with E-state index in [0.29, 0.717) is 17.1 Å². The molecule has 1 atom stereocenters. The van der Waals surface area contributed by atoms with E-state index in [1.807, 2.05) is 11.9 Å². The van der Waals surface area contributed by atoms with Crippen LogP contribution in [0.4, 0.5) is 0 Å². The number of ether oxygens (including phenoxy) is 2. The van der Waals surface area contributed by atoms with Gasteiger partial charge in [0.2, 0.25) is 0 Å². The van der Waals surface area contributed by atoms with Crippen molar-refractivity contribution in [1.29, 1.82) is 0 Å². The zero-order valence-electron chi connectivity index (χ0n) is 17.1. The lowest BCUT2D eigenvalue weighted by atomic mass is 10.0. The van der Waals surface area contributed by atoms with Crippen LogP contribution in [-0.4, -0.2) is 62.7 Å². The third-order valence-corrected chi connectivity index (χ3v) is 5.54. The molecule has 0 saturated carbocycles. The van der Waals surface area contributed by atoms with Gasteiger partial charge in [-0.15, -0.1) is 0 Å². The van der Waals surface area contributed by atoms with Gasteiger partial charge >= 0.3 is 0 Å². The number of carbonyl (C=O) groups is 1. The number of methoxy groups -OCH3 is 2. The Morgan fingerprint density at radius 1 is 1.11 bits per heavy atom. The van der Waals surface area contributed by atoms with Crippen molar-refractivity contribution >= 4 is 5.91 Å². The molecule has 28 heavy (non-hydrogen) atoms. The van der Waals surface area contributed by atoms with Gasteiger partial charge in [-0.25, -0.2) is 0 Å². The summed E-state index contributed by atoms with van der Waals surface area (Å²) < 4.78 is 10.6. The minimum atomic E-state index is 0.0239. The summed E-state index contributed by atoms with van der Waals surface area (Å²) >= 11 is 0. The molecule has 0 aliphatic carbocycles. The zero-order valence-corrected chi connectivity index (χ0v) is 17.1. The monoisotopic (exact) mass is 382 g/mol.